The minimum absolute atomic E-state index is 0.0715. The van der Waals surface area contributed by atoms with E-state index in [1.54, 1.807) is 0 Å². The molecular weight excluding hydrogens is 208 g/mol. The van der Waals surface area contributed by atoms with Crippen LogP contribution in [0.5, 0.6) is 0 Å². The van der Waals surface area contributed by atoms with Gasteiger partial charge in [0.25, 0.3) is 0 Å². The maximum absolute atomic E-state index is 11.3. The van der Waals surface area contributed by atoms with Crippen molar-refractivity contribution in [3.63, 3.8) is 0 Å². The number of carbonyl (C=O) groups is 2. The van der Waals surface area contributed by atoms with Gasteiger partial charge in [0, 0.05) is 19.0 Å². The molecule has 0 saturated carbocycles. The number of nitrogens with one attached hydrogen (secondary N) is 1. The van der Waals surface area contributed by atoms with Crippen LogP contribution < -0.4 is 5.32 Å². The lowest BCUT2D eigenvalue weighted by Gasteiger charge is -2.23. The number of hydrogen-bond donors (Lipinski definition) is 2. The first-order valence-corrected chi connectivity index (χ1v) is 5.82. The molecule has 1 rings (SSSR count). The zero-order chi connectivity index (χ0) is 12.0. The first-order valence-electron chi connectivity index (χ1n) is 5.82. The van der Waals surface area contributed by atoms with E-state index < -0.39 is 5.97 Å². The highest BCUT2D eigenvalue weighted by atomic mass is 16.4. The van der Waals surface area contributed by atoms with Gasteiger partial charge in [-0.25, -0.2) is 0 Å². The van der Waals surface area contributed by atoms with E-state index in [0.717, 1.165) is 13.1 Å². The second-order valence-electron chi connectivity index (χ2n) is 4.29. The van der Waals surface area contributed by atoms with Crippen LogP contribution in [0.1, 0.15) is 32.6 Å². The molecule has 1 saturated heterocycles. The summed E-state index contributed by atoms with van der Waals surface area (Å²) < 4.78 is 0. The minimum Gasteiger partial charge on any atom is -0.481 e. The summed E-state index contributed by atoms with van der Waals surface area (Å²) >= 11 is 0. The quantitative estimate of drug-likeness (QED) is 0.692. The van der Waals surface area contributed by atoms with Crippen molar-refractivity contribution in [3.05, 3.63) is 0 Å². The Balaban J connectivity index is 2.12. The molecule has 1 aliphatic rings. The molecule has 0 aromatic rings. The molecule has 5 nitrogen and oxygen atoms in total. The number of likely N-dealkylation sites (tertiary alicyclic amines) is 1. The fourth-order valence-electron chi connectivity index (χ4n) is 1.88. The zero-order valence-electron chi connectivity index (χ0n) is 9.74. The largest absolute Gasteiger partial charge is 0.481 e. The average Bonchev–Trinajstić information content (AvgIpc) is 2.76. The van der Waals surface area contributed by atoms with Crippen LogP contribution in [0.4, 0.5) is 0 Å². The Labute approximate surface area is 95.8 Å². The second kappa shape index (κ2) is 6.48. The summed E-state index contributed by atoms with van der Waals surface area (Å²) in [7, 11) is 0. The van der Waals surface area contributed by atoms with Crippen molar-refractivity contribution in [1.82, 2.24) is 10.2 Å². The highest BCUT2D eigenvalue weighted by molar-refractivity contribution is 5.80. The summed E-state index contributed by atoms with van der Waals surface area (Å²) in [6.45, 7) is 4.90. The van der Waals surface area contributed by atoms with Crippen LogP contribution in [0, 0.1) is 0 Å². The Morgan fingerprint density at radius 3 is 2.50 bits per heavy atom. The van der Waals surface area contributed by atoms with Crippen molar-refractivity contribution in [2.24, 2.45) is 0 Å². The van der Waals surface area contributed by atoms with Crippen LogP contribution in [0.3, 0.4) is 0 Å². The summed E-state index contributed by atoms with van der Waals surface area (Å²) in [6.07, 6.45) is 2.45. The highest BCUT2D eigenvalue weighted by Crippen LogP contribution is 2.10. The Morgan fingerprint density at radius 1 is 1.31 bits per heavy atom. The lowest BCUT2D eigenvalue weighted by Crippen LogP contribution is -2.40. The van der Waals surface area contributed by atoms with Crippen LogP contribution in [0.15, 0.2) is 0 Å². The number of aliphatic carboxylic acids is 1. The SMILES string of the molecule is CC(CNC(=O)CCC(=O)O)N1CCCC1. The number of nitrogens with zero attached hydrogens (tertiary/aromatic N) is 1. The van der Waals surface area contributed by atoms with E-state index in [-0.39, 0.29) is 18.7 Å². The van der Waals surface area contributed by atoms with E-state index in [0.29, 0.717) is 12.6 Å². The van der Waals surface area contributed by atoms with Crippen molar-refractivity contribution in [2.45, 2.75) is 38.6 Å². The van der Waals surface area contributed by atoms with E-state index >= 15 is 0 Å². The Kier molecular flexibility index (Phi) is 5.25. The van der Waals surface area contributed by atoms with Crippen LogP contribution in [0.2, 0.25) is 0 Å². The molecule has 0 spiro atoms. The maximum Gasteiger partial charge on any atom is 0.303 e. The van der Waals surface area contributed by atoms with Crippen molar-refractivity contribution >= 4 is 11.9 Å². The van der Waals surface area contributed by atoms with E-state index in [1.165, 1.54) is 12.8 Å². The van der Waals surface area contributed by atoms with Gasteiger partial charge < -0.3 is 10.4 Å². The normalized spacial score (nSPS) is 18.3. The molecule has 1 heterocycles. The van der Waals surface area contributed by atoms with E-state index in [4.69, 9.17) is 5.11 Å². The molecule has 0 aromatic carbocycles. The third kappa shape index (κ3) is 4.61. The zero-order valence-corrected chi connectivity index (χ0v) is 9.74. The molecule has 16 heavy (non-hydrogen) atoms. The molecule has 0 aromatic heterocycles. The van der Waals surface area contributed by atoms with Gasteiger partial charge in [-0.2, -0.15) is 0 Å². The monoisotopic (exact) mass is 228 g/mol. The van der Waals surface area contributed by atoms with Crippen molar-refractivity contribution in [1.29, 1.82) is 0 Å². The molecule has 5 heteroatoms. The fourth-order valence-corrected chi connectivity index (χ4v) is 1.88. The molecule has 0 aliphatic carbocycles. The predicted molar refractivity (Wildman–Crippen MR) is 60.1 cm³/mol. The molecule has 0 bridgehead atoms. The van der Waals surface area contributed by atoms with Gasteiger partial charge in [0.15, 0.2) is 0 Å². The summed E-state index contributed by atoms with van der Waals surface area (Å²) in [5.74, 6) is -1.10. The average molecular weight is 228 g/mol. The lowest BCUT2D eigenvalue weighted by molar-refractivity contribution is -0.138. The van der Waals surface area contributed by atoms with Crippen LogP contribution in [-0.2, 0) is 9.59 Å². The molecule has 2 N–H and O–H groups in total. The van der Waals surface area contributed by atoms with Crippen molar-refractivity contribution in [2.75, 3.05) is 19.6 Å². The van der Waals surface area contributed by atoms with Gasteiger partial charge in [0.1, 0.15) is 0 Å². The van der Waals surface area contributed by atoms with E-state index in [2.05, 4.69) is 17.1 Å². The summed E-state index contributed by atoms with van der Waals surface area (Å²) in [4.78, 5) is 23.9. The molecule has 0 radical (unpaired) electrons. The summed E-state index contributed by atoms with van der Waals surface area (Å²) in [6, 6.07) is 0.344. The summed E-state index contributed by atoms with van der Waals surface area (Å²) in [5.41, 5.74) is 0. The first-order chi connectivity index (χ1) is 7.59. The number of carboxylic acids is 1. The van der Waals surface area contributed by atoms with E-state index in [9.17, 15) is 9.59 Å². The number of amides is 1. The third-order valence-electron chi connectivity index (χ3n) is 2.92. The topological polar surface area (TPSA) is 69.6 Å². The van der Waals surface area contributed by atoms with Gasteiger partial charge in [-0.1, -0.05) is 0 Å². The highest BCUT2D eigenvalue weighted by Gasteiger charge is 2.18. The van der Waals surface area contributed by atoms with Crippen molar-refractivity contribution < 1.29 is 14.7 Å². The fraction of sp³-hybridized carbons (Fsp3) is 0.818. The number of carboxylic acid groups (broad SMARTS) is 1. The van der Waals surface area contributed by atoms with Gasteiger partial charge in [0.2, 0.25) is 5.91 Å². The Bertz CT molecular complexity index is 250. The van der Waals surface area contributed by atoms with Crippen LogP contribution in [0.25, 0.3) is 0 Å². The molecular formula is C11H20N2O3. The Morgan fingerprint density at radius 2 is 1.94 bits per heavy atom. The smallest absolute Gasteiger partial charge is 0.303 e. The molecule has 1 atom stereocenters. The Hall–Kier alpha value is -1.10. The standard InChI is InChI=1S/C11H20N2O3/c1-9(13-6-2-3-7-13)8-12-10(14)4-5-11(15)16/h9H,2-8H2,1H3,(H,12,14)(H,15,16). The van der Waals surface area contributed by atoms with E-state index in [1.807, 2.05) is 0 Å². The number of rotatable bonds is 6. The molecule has 1 amide bonds. The molecule has 1 fully saturated rings. The lowest BCUT2D eigenvalue weighted by atomic mass is 10.2. The van der Waals surface area contributed by atoms with Gasteiger partial charge in [0.05, 0.1) is 6.42 Å². The molecule has 92 valence electrons. The first kappa shape index (κ1) is 13.0. The third-order valence-corrected chi connectivity index (χ3v) is 2.92. The maximum atomic E-state index is 11.3. The van der Waals surface area contributed by atoms with Gasteiger partial charge in [-0.05, 0) is 32.9 Å². The van der Waals surface area contributed by atoms with Crippen LogP contribution >= 0.6 is 0 Å². The van der Waals surface area contributed by atoms with Crippen LogP contribution in [-0.4, -0.2) is 47.6 Å². The van der Waals surface area contributed by atoms with Crippen molar-refractivity contribution in [3.8, 4) is 0 Å². The van der Waals surface area contributed by atoms with Gasteiger partial charge >= 0.3 is 5.97 Å². The predicted octanol–water partition coefficient (Wildman–Crippen LogP) is 0.452. The number of hydrogen-bond acceptors (Lipinski definition) is 3. The minimum atomic E-state index is -0.928. The second-order valence-corrected chi connectivity index (χ2v) is 4.29. The molecule has 1 aliphatic heterocycles. The summed E-state index contributed by atoms with van der Waals surface area (Å²) in [5, 5.41) is 11.2. The van der Waals surface area contributed by atoms with Gasteiger partial charge in [-0.3, -0.25) is 14.5 Å². The molecule has 1 unspecified atom stereocenters. The number of carbonyl (C=O) groups excluding carboxylic acids is 1. The van der Waals surface area contributed by atoms with Gasteiger partial charge in [-0.15, -0.1) is 0 Å².